The Morgan fingerprint density at radius 1 is 0.852 bits per heavy atom. The fraction of sp³-hybridized carbons (Fsp3) is 0.524. The Bertz CT molecular complexity index is 718. The lowest BCUT2D eigenvalue weighted by Gasteiger charge is -2.34. The number of nitrogens with one attached hydrogen (secondary N) is 1. The molecule has 0 bridgehead atoms. The van der Waals surface area contributed by atoms with Crippen LogP contribution in [0.15, 0.2) is 36.5 Å². The number of likely N-dealkylation sites (N-methyl/N-ethyl adjacent to an activating group) is 1. The Morgan fingerprint density at radius 2 is 1.59 bits per heavy atom. The Kier molecular flexibility index (Phi) is 5.72. The molecular weight excluding hydrogens is 336 g/mol. The Hall–Kier alpha value is -2.34. The molecule has 0 amide bonds. The Morgan fingerprint density at radius 3 is 2.30 bits per heavy atom. The van der Waals surface area contributed by atoms with E-state index in [9.17, 15) is 0 Å². The molecule has 27 heavy (non-hydrogen) atoms. The molecule has 4 rings (SSSR count). The van der Waals surface area contributed by atoms with Crippen LogP contribution in [-0.2, 0) is 0 Å². The molecule has 0 unspecified atom stereocenters. The maximum Gasteiger partial charge on any atom is 0.229 e. The molecule has 2 fully saturated rings. The summed E-state index contributed by atoms with van der Waals surface area (Å²) in [6.45, 7) is 9.93. The van der Waals surface area contributed by atoms with Gasteiger partial charge in [0.05, 0.1) is 0 Å². The van der Waals surface area contributed by atoms with Crippen LogP contribution in [0, 0.1) is 0 Å². The maximum absolute atomic E-state index is 4.73. The van der Waals surface area contributed by atoms with Crippen molar-refractivity contribution >= 4 is 23.1 Å². The lowest BCUT2D eigenvalue weighted by molar-refractivity contribution is 0.270. The van der Waals surface area contributed by atoms with Crippen molar-refractivity contribution in [3.8, 4) is 0 Å². The smallest absolute Gasteiger partial charge is 0.229 e. The molecule has 1 aromatic carbocycles. The number of hydrogen-bond donors (Lipinski definition) is 1. The molecular formula is C21H30N6. The van der Waals surface area contributed by atoms with Crippen LogP contribution in [-0.4, -0.2) is 60.7 Å². The minimum absolute atomic E-state index is 0.663. The highest BCUT2D eigenvalue weighted by molar-refractivity contribution is 5.60. The van der Waals surface area contributed by atoms with E-state index in [4.69, 9.17) is 4.98 Å². The van der Waals surface area contributed by atoms with Crippen molar-refractivity contribution in [2.75, 3.05) is 60.9 Å². The predicted octanol–water partition coefficient (Wildman–Crippen LogP) is 3.35. The van der Waals surface area contributed by atoms with Gasteiger partial charge >= 0.3 is 0 Å². The van der Waals surface area contributed by atoms with E-state index in [-0.39, 0.29) is 0 Å². The first-order chi connectivity index (χ1) is 13.3. The second kappa shape index (κ2) is 8.57. The van der Waals surface area contributed by atoms with Gasteiger partial charge < -0.3 is 20.0 Å². The largest absolute Gasteiger partial charge is 0.372 e. The zero-order valence-corrected chi connectivity index (χ0v) is 16.3. The summed E-state index contributed by atoms with van der Waals surface area (Å²) in [7, 11) is 0. The topological polar surface area (TPSA) is 47.5 Å². The average molecular weight is 367 g/mol. The fourth-order valence-electron chi connectivity index (χ4n) is 3.92. The molecule has 2 aliphatic rings. The zero-order chi connectivity index (χ0) is 18.5. The van der Waals surface area contributed by atoms with Crippen LogP contribution in [0.3, 0.4) is 0 Å². The third-order valence-corrected chi connectivity index (χ3v) is 5.63. The summed E-state index contributed by atoms with van der Waals surface area (Å²) < 4.78 is 0. The normalized spacial score (nSPS) is 18.6. The molecule has 1 N–H and O–H groups in total. The van der Waals surface area contributed by atoms with Gasteiger partial charge in [-0.2, -0.15) is 4.98 Å². The van der Waals surface area contributed by atoms with Gasteiger partial charge in [-0.15, -0.1) is 0 Å². The van der Waals surface area contributed by atoms with E-state index >= 15 is 0 Å². The SMILES string of the molecule is CCN1CCN(c2ccnc(Nc3ccc(N4CCCCC4)cc3)n2)CC1. The van der Waals surface area contributed by atoms with Crippen LogP contribution in [0.5, 0.6) is 0 Å². The minimum atomic E-state index is 0.663. The van der Waals surface area contributed by atoms with Crippen molar-refractivity contribution in [2.45, 2.75) is 26.2 Å². The van der Waals surface area contributed by atoms with Crippen molar-refractivity contribution in [2.24, 2.45) is 0 Å². The van der Waals surface area contributed by atoms with Crippen molar-refractivity contribution < 1.29 is 0 Å². The summed E-state index contributed by atoms with van der Waals surface area (Å²) in [6, 6.07) is 10.6. The molecule has 144 valence electrons. The molecule has 0 radical (unpaired) electrons. The summed E-state index contributed by atoms with van der Waals surface area (Å²) >= 11 is 0. The number of aromatic nitrogens is 2. The van der Waals surface area contributed by atoms with Crippen LogP contribution in [0.2, 0.25) is 0 Å². The molecule has 6 nitrogen and oxygen atoms in total. The molecule has 6 heteroatoms. The van der Waals surface area contributed by atoms with Gasteiger partial charge in [0.2, 0.25) is 5.95 Å². The highest BCUT2D eigenvalue weighted by Crippen LogP contribution is 2.23. The second-order valence-electron chi connectivity index (χ2n) is 7.38. The van der Waals surface area contributed by atoms with Crippen molar-refractivity contribution in [3.63, 3.8) is 0 Å². The third-order valence-electron chi connectivity index (χ3n) is 5.63. The van der Waals surface area contributed by atoms with Crippen LogP contribution < -0.4 is 15.1 Å². The number of piperidine rings is 1. The summed E-state index contributed by atoms with van der Waals surface area (Å²) in [6.07, 6.45) is 5.80. The number of nitrogens with zero attached hydrogens (tertiary/aromatic N) is 5. The quantitative estimate of drug-likeness (QED) is 0.876. The van der Waals surface area contributed by atoms with E-state index < -0.39 is 0 Å². The van der Waals surface area contributed by atoms with E-state index in [1.165, 1.54) is 38.0 Å². The summed E-state index contributed by atoms with van der Waals surface area (Å²) in [4.78, 5) is 16.4. The van der Waals surface area contributed by atoms with Gasteiger partial charge in [0.25, 0.3) is 0 Å². The van der Waals surface area contributed by atoms with Crippen LogP contribution in [0.25, 0.3) is 0 Å². The van der Waals surface area contributed by atoms with Crippen LogP contribution >= 0.6 is 0 Å². The zero-order valence-electron chi connectivity index (χ0n) is 16.3. The monoisotopic (exact) mass is 366 g/mol. The molecule has 3 heterocycles. The van der Waals surface area contributed by atoms with Gasteiger partial charge in [0.1, 0.15) is 5.82 Å². The van der Waals surface area contributed by atoms with Crippen molar-refractivity contribution in [1.82, 2.24) is 14.9 Å². The molecule has 0 saturated carbocycles. The molecule has 0 spiro atoms. The fourth-order valence-corrected chi connectivity index (χ4v) is 3.92. The standard InChI is InChI=1S/C21H30N6/c1-2-25-14-16-27(17-15-25)20-10-11-22-21(24-20)23-18-6-8-19(9-7-18)26-12-4-3-5-13-26/h6-11H,2-5,12-17H2,1H3,(H,22,23,24). The van der Waals surface area contributed by atoms with E-state index in [1.807, 2.05) is 12.3 Å². The number of rotatable bonds is 5. The van der Waals surface area contributed by atoms with Gasteiger partial charge in [0, 0.05) is 56.8 Å². The maximum atomic E-state index is 4.73. The molecule has 2 aliphatic heterocycles. The molecule has 1 aromatic heterocycles. The summed E-state index contributed by atoms with van der Waals surface area (Å²) in [5.41, 5.74) is 2.34. The van der Waals surface area contributed by atoms with E-state index in [2.05, 4.69) is 56.2 Å². The molecule has 0 atom stereocenters. The van der Waals surface area contributed by atoms with Gasteiger partial charge in [-0.3, -0.25) is 0 Å². The number of benzene rings is 1. The number of hydrogen-bond acceptors (Lipinski definition) is 6. The number of piperazine rings is 1. The second-order valence-corrected chi connectivity index (χ2v) is 7.38. The Balaban J connectivity index is 1.39. The van der Waals surface area contributed by atoms with E-state index in [1.54, 1.807) is 0 Å². The lowest BCUT2D eigenvalue weighted by Crippen LogP contribution is -2.46. The van der Waals surface area contributed by atoms with Gasteiger partial charge in [-0.1, -0.05) is 6.92 Å². The van der Waals surface area contributed by atoms with E-state index in [0.717, 1.165) is 44.2 Å². The summed E-state index contributed by atoms with van der Waals surface area (Å²) in [5, 5.41) is 3.36. The van der Waals surface area contributed by atoms with Gasteiger partial charge in [0.15, 0.2) is 0 Å². The molecule has 2 saturated heterocycles. The first-order valence-electron chi connectivity index (χ1n) is 10.2. The van der Waals surface area contributed by atoms with Crippen LogP contribution in [0.1, 0.15) is 26.2 Å². The number of anilines is 4. The average Bonchev–Trinajstić information content (AvgIpc) is 2.75. The van der Waals surface area contributed by atoms with Crippen LogP contribution in [0.4, 0.5) is 23.1 Å². The van der Waals surface area contributed by atoms with Gasteiger partial charge in [-0.25, -0.2) is 4.98 Å². The molecule has 2 aromatic rings. The highest BCUT2D eigenvalue weighted by atomic mass is 15.3. The lowest BCUT2D eigenvalue weighted by atomic mass is 10.1. The highest BCUT2D eigenvalue weighted by Gasteiger charge is 2.17. The van der Waals surface area contributed by atoms with Gasteiger partial charge in [-0.05, 0) is 56.1 Å². The third kappa shape index (κ3) is 4.50. The Labute approximate surface area is 162 Å². The molecule has 0 aliphatic carbocycles. The summed E-state index contributed by atoms with van der Waals surface area (Å²) in [5.74, 6) is 1.67. The first-order valence-corrected chi connectivity index (χ1v) is 10.2. The van der Waals surface area contributed by atoms with E-state index in [0.29, 0.717) is 5.95 Å². The minimum Gasteiger partial charge on any atom is -0.372 e. The van der Waals surface area contributed by atoms with Crippen molar-refractivity contribution in [3.05, 3.63) is 36.5 Å². The first kappa shape index (κ1) is 18.0. The predicted molar refractivity (Wildman–Crippen MR) is 112 cm³/mol. The van der Waals surface area contributed by atoms with Crippen molar-refractivity contribution in [1.29, 1.82) is 0 Å².